The number of fused-ring (bicyclic) bond motifs is 1. The van der Waals surface area contributed by atoms with Crippen molar-refractivity contribution >= 4 is 22.2 Å². The number of amides is 1. The fraction of sp³-hybridized carbons (Fsp3) is 0.200. The Morgan fingerprint density at radius 3 is 3.03 bits per heavy atom. The number of thiophene rings is 1. The third-order valence-electron chi connectivity index (χ3n) is 4.67. The molecule has 1 aliphatic rings. The van der Waals surface area contributed by atoms with E-state index in [9.17, 15) is 4.79 Å². The van der Waals surface area contributed by atoms with Gasteiger partial charge in [0.1, 0.15) is 5.00 Å². The van der Waals surface area contributed by atoms with E-state index in [-0.39, 0.29) is 5.91 Å². The number of benzene rings is 1. The smallest absolute Gasteiger partial charge is 0.261 e. The van der Waals surface area contributed by atoms with Crippen LogP contribution in [0.3, 0.4) is 0 Å². The topological polar surface area (TPSA) is 95.1 Å². The molecule has 1 amide bonds. The summed E-state index contributed by atoms with van der Waals surface area (Å²) in [6.45, 7) is 2.92. The maximum absolute atomic E-state index is 13.0. The zero-order valence-corrected chi connectivity index (χ0v) is 16.4. The summed E-state index contributed by atoms with van der Waals surface area (Å²) in [6.07, 6.45) is 4.28. The molecule has 1 aliphatic heterocycles. The molecule has 0 radical (unpaired) electrons. The van der Waals surface area contributed by atoms with Crippen LogP contribution in [0.1, 0.15) is 26.6 Å². The first-order valence-electron chi connectivity index (χ1n) is 9.13. The van der Waals surface area contributed by atoms with Crippen LogP contribution in [-0.4, -0.2) is 32.4 Å². The van der Waals surface area contributed by atoms with Gasteiger partial charge in [-0.15, -0.1) is 11.3 Å². The summed E-state index contributed by atoms with van der Waals surface area (Å²) in [5, 5.41) is 11.8. The van der Waals surface area contributed by atoms with Crippen molar-refractivity contribution in [3.8, 4) is 17.1 Å². The van der Waals surface area contributed by atoms with Crippen molar-refractivity contribution in [1.29, 1.82) is 0 Å². The fourth-order valence-corrected chi connectivity index (χ4v) is 4.50. The van der Waals surface area contributed by atoms with Gasteiger partial charge in [-0.25, -0.2) is 4.68 Å². The van der Waals surface area contributed by atoms with E-state index in [4.69, 9.17) is 9.26 Å². The van der Waals surface area contributed by atoms with E-state index in [2.05, 4.69) is 20.6 Å². The lowest BCUT2D eigenvalue weighted by Crippen LogP contribution is -2.12. The highest BCUT2D eigenvalue weighted by atomic mass is 32.1. The van der Waals surface area contributed by atoms with Crippen molar-refractivity contribution in [3.63, 3.8) is 0 Å². The second-order valence-electron chi connectivity index (χ2n) is 6.61. The maximum atomic E-state index is 13.0. The number of anilines is 1. The molecular formula is C20H17N5O3S. The molecule has 0 saturated heterocycles. The first-order valence-corrected chi connectivity index (χ1v) is 9.95. The van der Waals surface area contributed by atoms with Gasteiger partial charge in [0.25, 0.3) is 11.8 Å². The van der Waals surface area contributed by atoms with E-state index in [1.54, 1.807) is 29.9 Å². The summed E-state index contributed by atoms with van der Waals surface area (Å²) in [6, 6.07) is 9.15. The van der Waals surface area contributed by atoms with Crippen LogP contribution in [0.5, 0.6) is 0 Å². The predicted octanol–water partition coefficient (Wildman–Crippen LogP) is 3.62. The summed E-state index contributed by atoms with van der Waals surface area (Å²) < 4.78 is 12.7. The number of hydrogen-bond donors (Lipinski definition) is 1. The Bertz CT molecular complexity index is 1180. The van der Waals surface area contributed by atoms with Gasteiger partial charge in [-0.1, -0.05) is 11.2 Å². The molecule has 0 aliphatic carbocycles. The molecule has 146 valence electrons. The molecule has 0 unspecified atom stereocenters. The van der Waals surface area contributed by atoms with Gasteiger partial charge in [0, 0.05) is 22.8 Å². The molecule has 0 fully saturated rings. The Hall–Kier alpha value is -3.30. The molecule has 5 rings (SSSR count). The standard InChI is InChI=1S/C20H17N5O3S/c1-12-22-19(28-24-12)17-15-6-9-27-11-16(15)29-20(17)23-18(26)13-4-2-5-14(10-13)25-8-3-7-21-25/h2-5,7-8,10H,6,9,11H2,1H3,(H,23,26). The Morgan fingerprint density at radius 2 is 2.24 bits per heavy atom. The summed E-state index contributed by atoms with van der Waals surface area (Å²) in [4.78, 5) is 18.5. The molecule has 3 aromatic heterocycles. The number of ether oxygens (including phenoxy) is 1. The number of aryl methyl sites for hydroxylation is 1. The van der Waals surface area contributed by atoms with Gasteiger partial charge in [-0.05, 0) is 43.2 Å². The van der Waals surface area contributed by atoms with Crippen LogP contribution in [0.4, 0.5) is 5.00 Å². The molecule has 0 spiro atoms. The molecule has 0 bridgehead atoms. The molecule has 1 aromatic carbocycles. The average molecular weight is 407 g/mol. The fourth-order valence-electron chi connectivity index (χ4n) is 3.33. The van der Waals surface area contributed by atoms with Crippen LogP contribution in [0.2, 0.25) is 0 Å². The van der Waals surface area contributed by atoms with Crippen LogP contribution in [0.25, 0.3) is 17.1 Å². The van der Waals surface area contributed by atoms with Gasteiger partial charge in [-0.2, -0.15) is 10.1 Å². The van der Waals surface area contributed by atoms with E-state index in [0.29, 0.717) is 35.5 Å². The second kappa shape index (κ2) is 7.26. The average Bonchev–Trinajstić information content (AvgIpc) is 3.47. The van der Waals surface area contributed by atoms with Crippen molar-refractivity contribution in [3.05, 3.63) is 64.6 Å². The Morgan fingerprint density at radius 1 is 1.31 bits per heavy atom. The first kappa shape index (κ1) is 17.8. The Labute approximate surface area is 170 Å². The summed E-state index contributed by atoms with van der Waals surface area (Å²) in [7, 11) is 0. The van der Waals surface area contributed by atoms with Crippen LogP contribution in [-0.2, 0) is 17.8 Å². The summed E-state index contributed by atoms with van der Waals surface area (Å²) >= 11 is 1.49. The molecule has 4 aromatic rings. The van der Waals surface area contributed by atoms with E-state index >= 15 is 0 Å². The lowest BCUT2D eigenvalue weighted by Gasteiger charge is -2.12. The zero-order valence-electron chi connectivity index (χ0n) is 15.6. The third kappa shape index (κ3) is 3.34. The lowest BCUT2D eigenvalue weighted by atomic mass is 10.1. The van der Waals surface area contributed by atoms with E-state index < -0.39 is 0 Å². The van der Waals surface area contributed by atoms with Gasteiger partial charge < -0.3 is 14.6 Å². The van der Waals surface area contributed by atoms with Crippen molar-refractivity contribution in [2.45, 2.75) is 20.0 Å². The summed E-state index contributed by atoms with van der Waals surface area (Å²) in [5.74, 6) is 0.759. The normalized spacial score (nSPS) is 13.3. The minimum Gasteiger partial charge on any atom is -0.376 e. The lowest BCUT2D eigenvalue weighted by molar-refractivity contribution is 0.102. The van der Waals surface area contributed by atoms with E-state index in [0.717, 1.165) is 28.1 Å². The minimum absolute atomic E-state index is 0.212. The third-order valence-corrected chi connectivity index (χ3v) is 5.79. The summed E-state index contributed by atoms with van der Waals surface area (Å²) in [5.41, 5.74) is 3.25. The van der Waals surface area contributed by atoms with Gasteiger partial charge >= 0.3 is 0 Å². The van der Waals surface area contributed by atoms with Crippen LogP contribution < -0.4 is 5.32 Å². The van der Waals surface area contributed by atoms with E-state index in [1.807, 2.05) is 24.4 Å². The monoisotopic (exact) mass is 407 g/mol. The maximum Gasteiger partial charge on any atom is 0.261 e. The molecule has 8 nitrogen and oxygen atoms in total. The quantitative estimate of drug-likeness (QED) is 0.555. The van der Waals surface area contributed by atoms with Crippen LogP contribution in [0, 0.1) is 6.92 Å². The highest BCUT2D eigenvalue weighted by Gasteiger charge is 2.27. The number of aromatic nitrogens is 4. The molecule has 0 saturated carbocycles. The number of rotatable bonds is 4. The van der Waals surface area contributed by atoms with Gasteiger partial charge in [-0.3, -0.25) is 4.79 Å². The number of hydrogen-bond acceptors (Lipinski definition) is 7. The molecular weight excluding hydrogens is 390 g/mol. The first-order chi connectivity index (χ1) is 14.2. The van der Waals surface area contributed by atoms with Crippen LogP contribution in [0.15, 0.2) is 47.2 Å². The highest BCUT2D eigenvalue weighted by Crippen LogP contribution is 2.42. The molecule has 4 heterocycles. The predicted molar refractivity (Wildman–Crippen MR) is 107 cm³/mol. The van der Waals surface area contributed by atoms with E-state index in [1.165, 1.54) is 11.3 Å². The molecule has 29 heavy (non-hydrogen) atoms. The van der Waals surface area contributed by atoms with Crippen LogP contribution >= 0.6 is 11.3 Å². The number of carbonyl (C=O) groups is 1. The van der Waals surface area contributed by atoms with Gasteiger partial charge in [0.05, 0.1) is 24.5 Å². The molecule has 9 heteroatoms. The van der Waals surface area contributed by atoms with Gasteiger partial charge in [0.15, 0.2) is 5.82 Å². The van der Waals surface area contributed by atoms with Crippen molar-refractivity contribution in [1.82, 2.24) is 19.9 Å². The number of nitrogens with zero attached hydrogens (tertiary/aromatic N) is 4. The SMILES string of the molecule is Cc1noc(-c2c(NC(=O)c3cccc(-n4cccn4)c3)sc3c2CCOC3)n1. The Kier molecular flexibility index (Phi) is 4.45. The van der Waals surface area contributed by atoms with Gasteiger partial charge in [0.2, 0.25) is 0 Å². The van der Waals surface area contributed by atoms with Crippen molar-refractivity contribution in [2.24, 2.45) is 0 Å². The molecule has 0 atom stereocenters. The van der Waals surface area contributed by atoms with Crippen molar-refractivity contribution in [2.75, 3.05) is 11.9 Å². The Balaban J connectivity index is 1.50. The largest absolute Gasteiger partial charge is 0.376 e. The highest BCUT2D eigenvalue weighted by molar-refractivity contribution is 7.17. The molecule has 1 N–H and O–H groups in total. The second-order valence-corrected chi connectivity index (χ2v) is 7.72. The minimum atomic E-state index is -0.212. The number of nitrogens with one attached hydrogen (secondary N) is 1. The zero-order chi connectivity index (χ0) is 19.8. The number of carbonyl (C=O) groups excluding carboxylic acids is 1. The van der Waals surface area contributed by atoms with Crippen molar-refractivity contribution < 1.29 is 14.1 Å².